The first kappa shape index (κ1) is 11.3. The number of anilines is 1. The molecular weight excluding hydrogens is 224 g/mol. The zero-order valence-corrected chi connectivity index (χ0v) is 10.00. The number of amides is 1. The van der Waals surface area contributed by atoms with Crippen molar-refractivity contribution < 1.29 is 4.79 Å². The van der Waals surface area contributed by atoms with E-state index in [9.17, 15) is 4.79 Å². The van der Waals surface area contributed by atoms with Gasteiger partial charge >= 0.3 is 0 Å². The molecule has 0 spiro atoms. The van der Waals surface area contributed by atoms with Crippen LogP contribution in [0, 0.1) is 12.8 Å². The first-order valence-electron chi connectivity index (χ1n) is 5.38. The highest BCUT2D eigenvalue weighted by atomic mass is 35.5. The molecule has 0 saturated carbocycles. The second-order valence-electron chi connectivity index (χ2n) is 4.26. The van der Waals surface area contributed by atoms with Gasteiger partial charge in [-0.2, -0.15) is 0 Å². The number of halogens is 1. The molecular formula is C12H15ClN2O. The summed E-state index contributed by atoms with van der Waals surface area (Å²) in [6.07, 6.45) is 0.835. The summed E-state index contributed by atoms with van der Waals surface area (Å²) in [5.41, 5.74) is 7.60. The quantitative estimate of drug-likeness (QED) is 0.856. The van der Waals surface area contributed by atoms with Crippen LogP contribution in [0.5, 0.6) is 0 Å². The number of benzene rings is 1. The lowest BCUT2D eigenvalue weighted by Gasteiger charge is -2.20. The first-order valence-corrected chi connectivity index (χ1v) is 5.76. The van der Waals surface area contributed by atoms with Crippen LogP contribution in [0.3, 0.4) is 0 Å². The van der Waals surface area contributed by atoms with Crippen LogP contribution in [-0.2, 0) is 4.79 Å². The summed E-state index contributed by atoms with van der Waals surface area (Å²) in [6, 6.07) is 5.82. The van der Waals surface area contributed by atoms with Gasteiger partial charge in [-0.15, -0.1) is 0 Å². The van der Waals surface area contributed by atoms with Crippen LogP contribution in [0.4, 0.5) is 5.69 Å². The van der Waals surface area contributed by atoms with Gasteiger partial charge in [0.25, 0.3) is 0 Å². The molecule has 1 aromatic carbocycles. The van der Waals surface area contributed by atoms with E-state index in [4.69, 9.17) is 17.3 Å². The monoisotopic (exact) mass is 238 g/mol. The Balaban J connectivity index is 2.20. The molecule has 3 nitrogen and oxygen atoms in total. The first-order chi connectivity index (χ1) is 7.58. The number of hydrogen-bond donors (Lipinski definition) is 1. The van der Waals surface area contributed by atoms with Gasteiger partial charge in [-0.25, -0.2) is 0 Å². The SMILES string of the molecule is Cc1ccc(Cl)cc1N1CCC(C(N)=O)C1. The van der Waals surface area contributed by atoms with Crippen molar-refractivity contribution in [2.45, 2.75) is 13.3 Å². The van der Waals surface area contributed by atoms with Crippen molar-refractivity contribution >= 4 is 23.2 Å². The van der Waals surface area contributed by atoms with Gasteiger partial charge in [0.05, 0.1) is 5.92 Å². The van der Waals surface area contributed by atoms with Crippen LogP contribution >= 0.6 is 11.6 Å². The van der Waals surface area contributed by atoms with Crippen LogP contribution in [-0.4, -0.2) is 19.0 Å². The fourth-order valence-electron chi connectivity index (χ4n) is 2.13. The number of carbonyl (C=O) groups is 1. The maximum atomic E-state index is 11.1. The molecule has 1 aliphatic heterocycles. The third-order valence-electron chi connectivity index (χ3n) is 3.10. The van der Waals surface area contributed by atoms with E-state index in [0.29, 0.717) is 6.54 Å². The second kappa shape index (κ2) is 4.34. The van der Waals surface area contributed by atoms with Crippen molar-refractivity contribution in [1.29, 1.82) is 0 Å². The lowest BCUT2D eigenvalue weighted by Crippen LogP contribution is -2.27. The fraction of sp³-hybridized carbons (Fsp3) is 0.417. The number of primary amides is 1. The van der Waals surface area contributed by atoms with Crippen LogP contribution in [0.15, 0.2) is 18.2 Å². The number of rotatable bonds is 2. The normalized spacial score (nSPS) is 20.1. The Morgan fingerprint density at radius 2 is 2.31 bits per heavy atom. The average Bonchev–Trinajstić information content (AvgIpc) is 2.70. The van der Waals surface area contributed by atoms with E-state index in [-0.39, 0.29) is 11.8 Å². The maximum absolute atomic E-state index is 11.1. The zero-order valence-electron chi connectivity index (χ0n) is 9.24. The lowest BCUT2D eigenvalue weighted by molar-refractivity contribution is -0.121. The Kier molecular flexibility index (Phi) is 3.06. The number of aryl methyl sites for hydroxylation is 1. The fourth-order valence-corrected chi connectivity index (χ4v) is 2.30. The summed E-state index contributed by atoms with van der Waals surface area (Å²) < 4.78 is 0. The van der Waals surface area contributed by atoms with Crippen LogP contribution < -0.4 is 10.6 Å². The van der Waals surface area contributed by atoms with Crippen molar-refractivity contribution in [3.8, 4) is 0 Å². The van der Waals surface area contributed by atoms with Crippen molar-refractivity contribution in [2.24, 2.45) is 11.7 Å². The Labute approximate surface area is 100 Å². The molecule has 1 aromatic rings. The van der Waals surface area contributed by atoms with Gasteiger partial charge in [0, 0.05) is 23.8 Å². The van der Waals surface area contributed by atoms with Crippen molar-refractivity contribution in [3.05, 3.63) is 28.8 Å². The van der Waals surface area contributed by atoms with Crippen LogP contribution in [0.1, 0.15) is 12.0 Å². The topological polar surface area (TPSA) is 46.3 Å². The van der Waals surface area contributed by atoms with Gasteiger partial charge in [0.2, 0.25) is 5.91 Å². The molecule has 1 heterocycles. The highest BCUT2D eigenvalue weighted by Crippen LogP contribution is 2.29. The Hall–Kier alpha value is -1.22. The van der Waals surface area contributed by atoms with Crippen LogP contribution in [0.25, 0.3) is 0 Å². The molecule has 1 unspecified atom stereocenters. The van der Waals surface area contributed by atoms with Gasteiger partial charge in [0.1, 0.15) is 0 Å². The molecule has 1 saturated heterocycles. The van der Waals surface area contributed by atoms with E-state index in [0.717, 1.165) is 23.7 Å². The summed E-state index contributed by atoms with van der Waals surface area (Å²) in [6.45, 7) is 3.62. The molecule has 2 N–H and O–H groups in total. The molecule has 0 radical (unpaired) electrons. The van der Waals surface area contributed by atoms with E-state index in [2.05, 4.69) is 4.90 Å². The molecule has 2 rings (SSSR count). The van der Waals surface area contributed by atoms with Gasteiger partial charge in [-0.1, -0.05) is 17.7 Å². The van der Waals surface area contributed by atoms with E-state index in [1.165, 1.54) is 5.56 Å². The predicted molar refractivity (Wildman–Crippen MR) is 65.7 cm³/mol. The number of hydrogen-bond acceptors (Lipinski definition) is 2. The standard InChI is InChI=1S/C12H15ClN2O/c1-8-2-3-10(13)6-11(8)15-5-4-9(7-15)12(14)16/h2-3,6,9H,4-5,7H2,1H3,(H2,14,16). The number of nitrogens with zero attached hydrogens (tertiary/aromatic N) is 1. The maximum Gasteiger partial charge on any atom is 0.222 e. The molecule has 1 amide bonds. The molecule has 86 valence electrons. The molecule has 4 heteroatoms. The van der Waals surface area contributed by atoms with E-state index >= 15 is 0 Å². The summed E-state index contributed by atoms with van der Waals surface area (Å²) in [7, 11) is 0. The molecule has 16 heavy (non-hydrogen) atoms. The molecule has 1 fully saturated rings. The third kappa shape index (κ3) is 2.14. The Bertz CT molecular complexity index is 419. The molecule has 0 aliphatic carbocycles. The summed E-state index contributed by atoms with van der Waals surface area (Å²) >= 11 is 5.98. The van der Waals surface area contributed by atoms with Gasteiger partial charge in [-0.05, 0) is 31.0 Å². The third-order valence-corrected chi connectivity index (χ3v) is 3.34. The number of carbonyl (C=O) groups excluding carboxylic acids is 1. The minimum atomic E-state index is -0.206. The molecule has 0 bridgehead atoms. The average molecular weight is 239 g/mol. The number of nitrogens with two attached hydrogens (primary N) is 1. The summed E-state index contributed by atoms with van der Waals surface area (Å²) in [5.74, 6) is -0.236. The van der Waals surface area contributed by atoms with E-state index in [1.807, 2.05) is 25.1 Å². The minimum absolute atomic E-state index is 0.0293. The Morgan fingerprint density at radius 1 is 1.56 bits per heavy atom. The summed E-state index contributed by atoms with van der Waals surface area (Å²) in [4.78, 5) is 13.3. The highest BCUT2D eigenvalue weighted by molar-refractivity contribution is 6.30. The van der Waals surface area contributed by atoms with Crippen molar-refractivity contribution in [3.63, 3.8) is 0 Å². The van der Waals surface area contributed by atoms with Crippen molar-refractivity contribution in [2.75, 3.05) is 18.0 Å². The van der Waals surface area contributed by atoms with Crippen LogP contribution in [0.2, 0.25) is 5.02 Å². The summed E-state index contributed by atoms with van der Waals surface area (Å²) in [5, 5.41) is 0.725. The van der Waals surface area contributed by atoms with Gasteiger partial charge in [-0.3, -0.25) is 4.79 Å². The Morgan fingerprint density at radius 3 is 2.94 bits per heavy atom. The van der Waals surface area contributed by atoms with Gasteiger partial charge < -0.3 is 10.6 Å². The van der Waals surface area contributed by atoms with Crippen molar-refractivity contribution in [1.82, 2.24) is 0 Å². The predicted octanol–water partition coefficient (Wildman–Crippen LogP) is 1.96. The smallest absolute Gasteiger partial charge is 0.222 e. The lowest BCUT2D eigenvalue weighted by atomic mass is 10.1. The van der Waals surface area contributed by atoms with E-state index in [1.54, 1.807) is 0 Å². The molecule has 1 aliphatic rings. The zero-order chi connectivity index (χ0) is 11.7. The highest BCUT2D eigenvalue weighted by Gasteiger charge is 2.27. The van der Waals surface area contributed by atoms with Gasteiger partial charge in [0.15, 0.2) is 0 Å². The second-order valence-corrected chi connectivity index (χ2v) is 4.70. The largest absolute Gasteiger partial charge is 0.370 e. The molecule has 0 aromatic heterocycles. The molecule has 1 atom stereocenters. The van der Waals surface area contributed by atoms with E-state index < -0.39 is 0 Å². The minimum Gasteiger partial charge on any atom is -0.370 e.